The highest BCUT2D eigenvalue weighted by Crippen LogP contribution is 2.14. The number of nitrogens with zero attached hydrogens (tertiary/aromatic N) is 1. The summed E-state index contributed by atoms with van der Waals surface area (Å²) in [6, 6.07) is 1.52. The molecule has 1 fully saturated rings. The van der Waals surface area contributed by atoms with Gasteiger partial charge >= 0.3 is 0 Å². The van der Waals surface area contributed by atoms with Crippen LogP contribution in [0.4, 0.5) is 0 Å². The van der Waals surface area contributed by atoms with Crippen LogP contribution in [-0.2, 0) is 0 Å². The number of hydrogen-bond acceptors (Lipinski definition) is 2. The highest BCUT2D eigenvalue weighted by molar-refractivity contribution is 4.77. The van der Waals surface area contributed by atoms with Gasteiger partial charge in [-0.1, -0.05) is 6.42 Å². The highest BCUT2D eigenvalue weighted by atomic mass is 15.1. The normalized spacial score (nSPS) is 31.0. The molecule has 0 unspecified atom stereocenters. The Kier molecular flexibility index (Phi) is 4.02. The maximum Gasteiger partial charge on any atom is 0.00817 e. The second kappa shape index (κ2) is 4.83. The molecule has 2 heteroatoms. The largest absolute Gasteiger partial charge is 0.311 e. The van der Waals surface area contributed by atoms with Crippen LogP contribution in [0.5, 0.6) is 0 Å². The van der Waals surface area contributed by atoms with Gasteiger partial charge in [0.2, 0.25) is 0 Å². The molecule has 0 amide bonds. The van der Waals surface area contributed by atoms with Crippen molar-refractivity contribution in [1.82, 2.24) is 10.2 Å². The average molecular weight is 170 g/mol. The molecule has 0 aromatic carbocycles. The Labute approximate surface area is 76.3 Å². The molecule has 1 aliphatic heterocycles. The van der Waals surface area contributed by atoms with Gasteiger partial charge in [0, 0.05) is 12.1 Å². The number of rotatable bonds is 3. The summed E-state index contributed by atoms with van der Waals surface area (Å²) in [5, 5.41) is 3.64. The first-order valence-corrected chi connectivity index (χ1v) is 5.09. The van der Waals surface area contributed by atoms with Gasteiger partial charge in [0.15, 0.2) is 0 Å². The summed E-state index contributed by atoms with van der Waals surface area (Å²) in [4.78, 5) is 2.26. The minimum Gasteiger partial charge on any atom is -0.311 e. The smallest absolute Gasteiger partial charge is 0.00817 e. The Morgan fingerprint density at radius 2 is 2.08 bits per heavy atom. The van der Waals surface area contributed by atoms with Crippen molar-refractivity contribution in [2.75, 3.05) is 20.6 Å². The van der Waals surface area contributed by atoms with Crippen molar-refractivity contribution in [2.24, 2.45) is 0 Å². The fraction of sp³-hybridized carbons (Fsp3) is 1.00. The van der Waals surface area contributed by atoms with Gasteiger partial charge in [-0.05, 0) is 46.8 Å². The summed E-state index contributed by atoms with van der Waals surface area (Å²) in [5.41, 5.74) is 0. The maximum atomic E-state index is 3.64. The second-order valence-corrected chi connectivity index (χ2v) is 4.29. The van der Waals surface area contributed by atoms with E-state index in [9.17, 15) is 0 Å². The monoisotopic (exact) mass is 170 g/mol. The van der Waals surface area contributed by atoms with Gasteiger partial charge in [-0.2, -0.15) is 0 Å². The van der Waals surface area contributed by atoms with Crippen LogP contribution in [0.1, 0.15) is 32.6 Å². The SMILES string of the molecule is C[C@H]1CCC[C@H](CCN(C)C)N1. The fourth-order valence-electron chi connectivity index (χ4n) is 1.88. The number of hydrogen-bond donors (Lipinski definition) is 1. The van der Waals surface area contributed by atoms with Crippen LogP contribution in [-0.4, -0.2) is 37.6 Å². The first-order valence-electron chi connectivity index (χ1n) is 5.09. The lowest BCUT2D eigenvalue weighted by atomic mass is 9.97. The molecule has 0 saturated carbocycles. The van der Waals surface area contributed by atoms with Crippen molar-refractivity contribution in [3.8, 4) is 0 Å². The van der Waals surface area contributed by atoms with Gasteiger partial charge < -0.3 is 10.2 Å². The maximum absolute atomic E-state index is 3.64. The Morgan fingerprint density at radius 3 is 2.67 bits per heavy atom. The number of piperidine rings is 1. The Morgan fingerprint density at radius 1 is 1.33 bits per heavy atom. The van der Waals surface area contributed by atoms with E-state index in [1.165, 1.54) is 32.2 Å². The molecule has 1 saturated heterocycles. The van der Waals surface area contributed by atoms with Crippen LogP contribution in [0.25, 0.3) is 0 Å². The molecule has 0 spiro atoms. The minimum absolute atomic E-state index is 0.742. The zero-order valence-electron chi connectivity index (χ0n) is 8.64. The van der Waals surface area contributed by atoms with Crippen LogP contribution in [0.3, 0.4) is 0 Å². The molecule has 1 heterocycles. The first kappa shape index (κ1) is 10.0. The van der Waals surface area contributed by atoms with Gasteiger partial charge in [0.1, 0.15) is 0 Å². The Hall–Kier alpha value is -0.0800. The lowest BCUT2D eigenvalue weighted by molar-refractivity contribution is 0.288. The van der Waals surface area contributed by atoms with E-state index in [0.717, 1.165) is 12.1 Å². The van der Waals surface area contributed by atoms with E-state index >= 15 is 0 Å². The lowest BCUT2D eigenvalue weighted by Gasteiger charge is -2.29. The minimum atomic E-state index is 0.742. The highest BCUT2D eigenvalue weighted by Gasteiger charge is 2.16. The van der Waals surface area contributed by atoms with Crippen LogP contribution < -0.4 is 5.32 Å². The molecule has 1 rings (SSSR count). The molecular formula is C10H22N2. The zero-order chi connectivity index (χ0) is 8.97. The van der Waals surface area contributed by atoms with Crippen molar-refractivity contribution in [2.45, 2.75) is 44.7 Å². The molecule has 0 aliphatic carbocycles. The van der Waals surface area contributed by atoms with Crippen molar-refractivity contribution < 1.29 is 0 Å². The summed E-state index contributed by atoms with van der Waals surface area (Å²) in [6.07, 6.45) is 5.44. The van der Waals surface area contributed by atoms with E-state index in [1.807, 2.05) is 0 Å². The Balaban J connectivity index is 2.14. The molecular weight excluding hydrogens is 148 g/mol. The summed E-state index contributed by atoms with van der Waals surface area (Å²) in [5.74, 6) is 0. The fourth-order valence-corrected chi connectivity index (χ4v) is 1.88. The van der Waals surface area contributed by atoms with Gasteiger partial charge in [0.25, 0.3) is 0 Å². The molecule has 2 nitrogen and oxygen atoms in total. The van der Waals surface area contributed by atoms with Crippen LogP contribution in [0.2, 0.25) is 0 Å². The van der Waals surface area contributed by atoms with Crippen molar-refractivity contribution in [3.05, 3.63) is 0 Å². The third-order valence-corrected chi connectivity index (χ3v) is 2.63. The topological polar surface area (TPSA) is 15.3 Å². The third kappa shape index (κ3) is 3.55. The summed E-state index contributed by atoms with van der Waals surface area (Å²) in [6.45, 7) is 3.51. The zero-order valence-corrected chi connectivity index (χ0v) is 8.64. The third-order valence-electron chi connectivity index (χ3n) is 2.63. The van der Waals surface area contributed by atoms with Crippen LogP contribution >= 0.6 is 0 Å². The molecule has 72 valence electrons. The van der Waals surface area contributed by atoms with E-state index < -0.39 is 0 Å². The van der Waals surface area contributed by atoms with Gasteiger partial charge in [0.05, 0.1) is 0 Å². The molecule has 1 N–H and O–H groups in total. The quantitative estimate of drug-likeness (QED) is 0.690. The molecule has 0 aromatic rings. The summed E-state index contributed by atoms with van der Waals surface area (Å²) in [7, 11) is 4.29. The Bertz CT molecular complexity index is 123. The lowest BCUT2D eigenvalue weighted by Crippen LogP contribution is -2.41. The van der Waals surface area contributed by atoms with E-state index in [0.29, 0.717) is 0 Å². The van der Waals surface area contributed by atoms with E-state index in [1.54, 1.807) is 0 Å². The van der Waals surface area contributed by atoms with E-state index in [2.05, 4.69) is 31.2 Å². The van der Waals surface area contributed by atoms with Crippen molar-refractivity contribution in [3.63, 3.8) is 0 Å². The molecule has 0 aromatic heterocycles. The molecule has 2 atom stereocenters. The van der Waals surface area contributed by atoms with E-state index in [-0.39, 0.29) is 0 Å². The molecule has 0 radical (unpaired) electrons. The first-order chi connectivity index (χ1) is 5.68. The predicted octanol–water partition coefficient (Wildman–Crippen LogP) is 1.47. The molecule has 1 aliphatic rings. The van der Waals surface area contributed by atoms with Gasteiger partial charge in [-0.3, -0.25) is 0 Å². The molecule has 0 bridgehead atoms. The van der Waals surface area contributed by atoms with Crippen LogP contribution in [0.15, 0.2) is 0 Å². The summed E-state index contributed by atoms with van der Waals surface area (Å²) < 4.78 is 0. The van der Waals surface area contributed by atoms with Crippen molar-refractivity contribution >= 4 is 0 Å². The van der Waals surface area contributed by atoms with Gasteiger partial charge in [-0.15, -0.1) is 0 Å². The van der Waals surface area contributed by atoms with Gasteiger partial charge in [-0.25, -0.2) is 0 Å². The summed E-state index contributed by atoms with van der Waals surface area (Å²) >= 11 is 0. The van der Waals surface area contributed by atoms with Crippen molar-refractivity contribution in [1.29, 1.82) is 0 Å². The molecule has 12 heavy (non-hydrogen) atoms. The number of nitrogens with one attached hydrogen (secondary N) is 1. The predicted molar refractivity (Wildman–Crippen MR) is 53.4 cm³/mol. The standard InChI is InChI=1S/C10H22N2/c1-9-5-4-6-10(11-9)7-8-12(2)3/h9-11H,4-8H2,1-3H3/t9-,10+/m0/s1. The second-order valence-electron chi connectivity index (χ2n) is 4.29. The van der Waals surface area contributed by atoms with E-state index in [4.69, 9.17) is 0 Å². The average Bonchev–Trinajstić information content (AvgIpc) is 2.01. The van der Waals surface area contributed by atoms with Crippen LogP contribution in [0, 0.1) is 0 Å².